The monoisotopic (exact) mass is 679 g/mol. The Hall–Kier alpha value is -1.86. The number of aromatic nitrogens is 3. The third-order valence-corrected chi connectivity index (χ3v) is 18.0. The molecule has 2 aromatic carbocycles. The predicted molar refractivity (Wildman–Crippen MR) is 175 cm³/mol. The van der Waals surface area contributed by atoms with Crippen LogP contribution in [0.25, 0.3) is 11.3 Å². The van der Waals surface area contributed by atoms with E-state index >= 15 is 0 Å². The van der Waals surface area contributed by atoms with Gasteiger partial charge in [-0.05, 0) is 94.6 Å². The first-order valence-corrected chi connectivity index (χ1v) is 20.6. The fraction of sp³-hybridized carbons (Fsp3) is 0.533. The van der Waals surface area contributed by atoms with Crippen LogP contribution < -0.4 is 13.6 Å². The lowest BCUT2D eigenvalue weighted by Crippen LogP contribution is -2.44. The van der Waals surface area contributed by atoms with Crippen molar-refractivity contribution in [1.29, 1.82) is 0 Å². The summed E-state index contributed by atoms with van der Waals surface area (Å²) in [5, 5.41) is 9.36. The Labute approximate surface area is 251 Å². The highest BCUT2D eigenvalue weighted by atomic mass is 127. The van der Waals surface area contributed by atoms with Gasteiger partial charge in [0.05, 0.1) is 13.7 Å². The van der Waals surface area contributed by atoms with Crippen molar-refractivity contribution in [3.8, 4) is 28.5 Å². The molecule has 0 aliphatic carbocycles. The van der Waals surface area contributed by atoms with E-state index < -0.39 is 16.6 Å². The van der Waals surface area contributed by atoms with Crippen LogP contribution >= 0.6 is 22.6 Å². The number of nitrogens with zero attached hydrogens (tertiary/aromatic N) is 3. The summed E-state index contributed by atoms with van der Waals surface area (Å²) in [6.45, 7) is 25.5. The number of hydrogen-bond acceptors (Lipinski definition) is 5. The van der Waals surface area contributed by atoms with E-state index in [-0.39, 0.29) is 10.1 Å². The highest BCUT2D eigenvalue weighted by molar-refractivity contribution is 14.1. The molecule has 9 heteroatoms. The molecule has 0 atom stereocenters. The van der Waals surface area contributed by atoms with E-state index in [9.17, 15) is 0 Å². The molecule has 0 aliphatic rings. The molecule has 0 saturated carbocycles. The average Bonchev–Trinajstić information content (AvgIpc) is 3.17. The molecule has 0 bridgehead atoms. The van der Waals surface area contributed by atoms with Crippen LogP contribution in [0.3, 0.4) is 0 Å². The average molecular weight is 680 g/mol. The van der Waals surface area contributed by atoms with Crippen molar-refractivity contribution in [3.63, 3.8) is 0 Å². The fourth-order valence-corrected chi connectivity index (χ4v) is 6.35. The van der Waals surface area contributed by atoms with Crippen LogP contribution in [0.4, 0.5) is 0 Å². The van der Waals surface area contributed by atoms with Crippen LogP contribution in [0.2, 0.25) is 36.3 Å². The molecular weight excluding hydrogens is 633 g/mol. The van der Waals surface area contributed by atoms with Crippen LogP contribution in [-0.4, -0.2) is 38.7 Å². The van der Waals surface area contributed by atoms with Crippen LogP contribution in [-0.2, 0) is 13.0 Å². The lowest BCUT2D eigenvalue weighted by atomic mass is 10.0. The number of halogens is 1. The van der Waals surface area contributed by atoms with E-state index in [1.165, 1.54) is 0 Å². The first-order valence-electron chi connectivity index (χ1n) is 13.7. The van der Waals surface area contributed by atoms with Crippen molar-refractivity contribution in [2.24, 2.45) is 0 Å². The van der Waals surface area contributed by atoms with Gasteiger partial charge in [0.1, 0.15) is 26.6 Å². The van der Waals surface area contributed by atoms with Gasteiger partial charge in [-0.1, -0.05) is 65.8 Å². The maximum atomic E-state index is 6.98. The minimum Gasteiger partial charge on any atom is -0.543 e. The summed E-state index contributed by atoms with van der Waals surface area (Å²) < 4.78 is 22.2. The van der Waals surface area contributed by atoms with Crippen LogP contribution in [0, 0.1) is 3.70 Å². The Morgan fingerprint density at radius 1 is 0.872 bits per heavy atom. The first kappa shape index (κ1) is 31.7. The molecule has 3 aromatic rings. The summed E-state index contributed by atoms with van der Waals surface area (Å²) in [5.41, 5.74) is 4.07. The number of aryl methyl sites for hydroxylation is 1. The maximum Gasteiger partial charge on any atom is 0.250 e. The van der Waals surface area contributed by atoms with Gasteiger partial charge in [0.15, 0.2) is 0 Å². The quantitative estimate of drug-likeness (QED) is 0.167. The highest BCUT2D eigenvalue weighted by Gasteiger charge is 2.41. The molecule has 214 valence electrons. The third-order valence-electron chi connectivity index (χ3n) is 8.28. The number of rotatable bonds is 9. The van der Waals surface area contributed by atoms with Gasteiger partial charge in [-0.25, -0.2) is 4.68 Å². The molecule has 3 rings (SSSR count). The van der Waals surface area contributed by atoms with Gasteiger partial charge in [0.25, 0.3) is 8.32 Å². The molecule has 0 unspecified atom stereocenters. The molecule has 0 fully saturated rings. The molecule has 0 amide bonds. The fourth-order valence-electron chi connectivity index (χ4n) is 3.61. The van der Waals surface area contributed by atoms with E-state index in [1.807, 2.05) is 22.9 Å². The molecule has 1 aromatic heterocycles. The van der Waals surface area contributed by atoms with Gasteiger partial charge in [0, 0.05) is 11.6 Å². The van der Waals surface area contributed by atoms with Crippen molar-refractivity contribution >= 4 is 39.2 Å². The maximum absolute atomic E-state index is 6.98. The van der Waals surface area contributed by atoms with E-state index in [1.54, 1.807) is 7.11 Å². The Morgan fingerprint density at radius 3 is 2.00 bits per heavy atom. The van der Waals surface area contributed by atoms with Gasteiger partial charge in [-0.15, -0.1) is 5.10 Å². The molecule has 0 radical (unpaired) electrons. The standard InChI is InChI=1S/C30H46IN3O3Si2/c1-13-22-18-24(27-28(31)34(33-32-27)20-21-15-14-16-23(17-21)35-8)26(37-39(11,12)30(5,6)7)19-25(22)36-38(9,10)29(2,3)4/h14-19H,13,20H2,1-12H3. The molecule has 0 saturated heterocycles. The summed E-state index contributed by atoms with van der Waals surface area (Å²) in [5.74, 6) is 2.59. The first-order chi connectivity index (χ1) is 17.9. The Balaban J connectivity index is 2.15. The molecule has 39 heavy (non-hydrogen) atoms. The number of ether oxygens (including phenoxy) is 1. The van der Waals surface area contributed by atoms with Gasteiger partial charge in [0.2, 0.25) is 8.32 Å². The third kappa shape index (κ3) is 7.08. The summed E-state index contributed by atoms with van der Waals surface area (Å²) in [6.07, 6.45) is 0.853. The second-order valence-electron chi connectivity index (χ2n) is 13.3. The Bertz CT molecular complexity index is 1310. The molecule has 6 nitrogen and oxygen atoms in total. The van der Waals surface area contributed by atoms with Crippen LogP contribution in [0.5, 0.6) is 17.2 Å². The van der Waals surface area contributed by atoms with Gasteiger partial charge < -0.3 is 13.6 Å². The number of methoxy groups -OCH3 is 1. The minimum absolute atomic E-state index is 0.0469. The second kappa shape index (κ2) is 11.6. The van der Waals surface area contributed by atoms with Crippen LogP contribution in [0.15, 0.2) is 36.4 Å². The van der Waals surface area contributed by atoms with Crippen molar-refractivity contribution in [1.82, 2.24) is 15.0 Å². The summed E-state index contributed by atoms with van der Waals surface area (Å²) in [4.78, 5) is 0. The molecule has 0 spiro atoms. The number of benzene rings is 2. The predicted octanol–water partition coefficient (Wildman–Crippen LogP) is 8.94. The summed E-state index contributed by atoms with van der Waals surface area (Å²) >= 11 is 2.36. The largest absolute Gasteiger partial charge is 0.543 e. The van der Waals surface area contributed by atoms with Gasteiger partial charge in [-0.2, -0.15) is 0 Å². The zero-order valence-corrected chi connectivity index (χ0v) is 30.0. The SMILES string of the molecule is CCc1cc(-c2nnn(Cc3cccc(OC)c3)c2I)c(O[Si](C)(C)C(C)(C)C)cc1O[Si](C)(C)C(C)(C)C. The van der Waals surface area contributed by atoms with E-state index in [4.69, 9.17) is 13.6 Å². The number of hydrogen-bond donors (Lipinski definition) is 0. The van der Waals surface area contributed by atoms with Gasteiger partial charge >= 0.3 is 0 Å². The Kier molecular flexibility index (Phi) is 9.39. The lowest BCUT2D eigenvalue weighted by Gasteiger charge is -2.39. The second-order valence-corrected chi connectivity index (χ2v) is 23.7. The van der Waals surface area contributed by atoms with Gasteiger partial charge in [-0.3, -0.25) is 0 Å². The minimum atomic E-state index is -2.15. The van der Waals surface area contributed by atoms with E-state index in [2.05, 4.69) is 126 Å². The summed E-state index contributed by atoms with van der Waals surface area (Å²) in [7, 11) is -2.52. The van der Waals surface area contributed by atoms with E-state index in [0.717, 1.165) is 49.8 Å². The molecule has 1 heterocycles. The van der Waals surface area contributed by atoms with Crippen molar-refractivity contribution in [2.45, 2.75) is 97.7 Å². The lowest BCUT2D eigenvalue weighted by molar-refractivity contribution is 0.414. The normalized spacial score (nSPS) is 12.9. The van der Waals surface area contributed by atoms with Crippen molar-refractivity contribution < 1.29 is 13.6 Å². The zero-order chi connectivity index (χ0) is 29.4. The molecule has 0 N–H and O–H groups in total. The van der Waals surface area contributed by atoms with Crippen LogP contribution in [0.1, 0.15) is 59.6 Å². The van der Waals surface area contributed by atoms with Crippen molar-refractivity contribution in [3.05, 3.63) is 51.2 Å². The highest BCUT2D eigenvalue weighted by Crippen LogP contribution is 2.45. The van der Waals surface area contributed by atoms with E-state index in [0.29, 0.717) is 6.54 Å². The molecular formula is C30H46IN3O3Si2. The smallest absolute Gasteiger partial charge is 0.250 e. The summed E-state index contributed by atoms with van der Waals surface area (Å²) in [6, 6.07) is 12.4. The zero-order valence-electron chi connectivity index (χ0n) is 25.8. The topological polar surface area (TPSA) is 58.4 Å². The molecule has 0 aliphatic heterocycles. The Morgan fingerprint density at radius 2 is 1.46 bits per heavy atom. The van der Waals surface area contributed by atoms with Crippen molar-refractivity contribution in [2.75, 3.05) is 7.11 Å².